The third-order valence-corrected chi connectivity index (χ3v) is 7.20. The van der Waals surface area contributed by atoms with Gasteiger partial charge in [-0.2, -0.15) is 0 Å². The van der Waals surface area contributed by atoms with Gasteiger partial charge in [-0.3, -0.25) is 4.99 Å². The Morgan fingerprint density at radius 2 is 1.90 bits per heavy atom. The van der Waals surface area contributed by atoms with Crippen LogP contribution in [0.3, 0.4) is 0 Å². The maximum absolute atomic E-state index is 5.70. The van der Waals surface area contributed by atoms with E-state index in [-0.39, 0.29) is 5.41 Å². The highest BCUT2D eigenvalue weighted by molar-refractivity contribution is 5.80. The number of nitrogens with zero attached hydrogens (tertiary/aromatic N) is 1. The maximum atomic E-state index is 5.70. The molecule has 3 aliphatic rings. The van der Waals surface area contributed by atoms with Gasteiger partial charge in [0.15, 0.2) is 17.5 Å². The molecule has 7 nitrogen and oxygen atoms in total. The Bertz CT molecular complexity index is 757. The van der Waals surface area contributed by atoms with Crippen LogP contribution in [-0.2, 0) is 14.9 Å². The van der Waals surface area contributed by atoms with Crippen LogP contribution in [0.15, 0.2) is 23.2 Å². The van der Waals surface area contributed by atoms with Crippen molar-refractivity contribution in [1.82, 2.24) is 10.6 Å². The summed E-state index contributed by atoms with van der Waals surface area (Å²) in [5.74, 6) is 2.57. The maximum Gasteiger partial charge on any atom is 0.231 e. The highest BCUT2D eigenvalue weighted by atomic mass is 16.7. The summed E-state index contributed by atoms with van der Waals surface area (Å²) in [7, 11) is 1.78. The van der Waals surface area contributed by atoms with Crippen LogP contribution < -0.4 is 20.1 Å². The molecule has 1 saturated carbocycles. The van der Waals surface area contributed by atoms with Crippen molar-refractivity contribution in [1.29, 1.82) is 0 Å². The van der Waals surface area contributed by atoms with Gasteiger partial charge in [0.05, 0.1) is 0 Å². The van der Waals surface area contributed by atoms with Crippen molar-refractivity contribution in [2.24, 2.45) is 10.4 Å². The molecule has 2 heterocycles. The molecular weight excluding hydrogens is 394 g/mol. The number of nitrogens with one attached hydrogen (secondary N) is 2. The van der Waals surface area contributed by atoms with Gasteiger partial charge in [0.25, 0.3) is 0 Å². The van der Waals surface area contributed by atoms with Crippen molar-refractivity contribution < 1.29 is 18.9 Å². The normalized spacial score (nSPS) is 21.4. The predicted octanol–water partition coefficient (Wildman–Crippen LogP) is 3.23. The standard InChI is InChI=1S/C24H37N3O4/c1-3-25-22(26-16-23(7-4-8-23)9-12-28-2)27-17-24(10-13-29-14-11-24)19-5-6-20-21(15-19)31-18-30-20/h5-6,15H,3-4,7-14,16-18H2,1-2H3,(H2,25,26,27). The van der Waals surface area contributed by atoms with Crippen LogP contribution in [-0.4, -0.2) is 59.3 Å². The summed E-state index contributed by atoms with van der Waals surface area (Å²) in [6.07, 6.45) is 6.82. The molecule has 7 heteroatoms. The molecule has 2 fully saturated rings. The lowest BCUT2D eigenvalue weighted by Gasteiger charge is -2.41. The number of hydrogen-bond donors (Lipinski definition) is 2. The minimum Gasteiger partial charge on any atom is -0.454 e. The highest BCUT2D eigenvalue weighted by Crippen LogP contribution is 2.44. The van der Waals surface area contributed by atoms with Crippen molar-refractivity contribution in [3.63, 3.8) is 0 Å². The van der Waals surface area contributed by atoms with E-state index >= 15 is 0 Å². The Hall–Kier alpha value is -1.99. The fourth-order valence-electron chi connectivity index (χ4n) is 4.88. The number of rotatable bonds is 9. The van der Waals surface area contributed by atoms with E-state index in [0.717, 1.165) is 76.2 Å². The molecule has 2 aliphatic heterocycles. The van der Waals surface area contributed by atoms with Gasteiger partial charge in [-0.1, -0.05) is 12.5 Å². The molecule has 1 aliphatic carbocycles. The number of ether oxygens (including phenoxy) is 4. The van der Waals surface area contributed by atoms with Crippen LogP contribution in [0.4, 0.5) is 0 Å². The van der Waals surface area contributed by atoms with Crippen LogP contribution in [0.25, 0.3) is 0 Å². The summed E-state index contributed by atoms with van der Waals surface area (Å²) >= 11 is 0. The predicted molar refractivity (Wildman–Crippen MR) is 121 cm³/mol. The minimum atomic E-state index is -0.0143. The van der Waals surface area contributed by atoms with E-state index in [2.05, 4.69) is 29.7 Å². The molecule has 0 amide bonds. The second-order valence-corrected chi connectivity index (χ2v) is 9.11. The van der Waals surface area contributed by atoms with Gasteiger partial charge >= 0.3 is 0 Å². The number of fused-ring (bicyclic) bond motifs is 1. The topological polar surface area (TPSA) is 73.3 Å². The molecule has 0 atom stereocenters. The zero-order valence-corrected chi connectivity index (χ0v) is 19.0. The summed E-state index contributed by atoms with van der Waals surface area (Å²) in [5, 5.41) is 7.10. The van der Waals surface area contributed by atoms with Crippen LogP contribution >= 0.6 is 0 Å². The molecule has 0 unspecified atom stereocenters. The van der Waals surface area contributed by atoms with Crippen LogP contribution in [0.1, 0.15) is 51.0 Å². The van der Waals surface area contributed by atoms with E-state index in [1.165, 1.54) is 24.8 Å². The van der Waals surface area contributed by atoms with Crippen LogP contribution in [0, 0.1) is 5.41 Å². The molecule has 172 valence electrons. The molecule has 0 radical (unpaired) electrons. The summed E-state index contributed by atoms with van der Waals surface area (Å²) in [5.41, 5.74) is 1.57. The summed E-state index contributed by atoms with van der Waals surface area (Å²) in [6.45, 7) is 7.27. The fourth-order valence-corrected chi connectivity index (χ4v) is 4.88. The van der Waals surface area contributed by atoms with Gasteiger partial charge in [-0.25, -0.2) is 0 Å². The first kappa shape index (κ1) is 22.2. The Kier molecular flexibility index (Phi) is 7.23. The van der Waals surface area contributed by atoms with Gasteiger partial charge in [-0.15, -0.1) is 0 Å². The first-order valence-electron chi connectivity index (χ1n) is 11.7. The monoisotopic (exact) mass is 431 g/mol. The molecule has 1 saturated heterocycles. The summed E-state index contributed by atoms with van der Waals surface area (Å²) < 4.78 is 22.2. The first-order chi connectivity index (χ1) is 15.2. The van der Waals surface area contributed by atoms with Crippen LogP contribution in [0.2, 0.25) is 0 Å². The fraction of sp³-hybridized carbons (Fsp3) is 0.708. The third kappa shape index (κ3) is 5.09. The minimum absolute atomic E-state index is 0.0143. The zero-order chi connectivity index (χ0) is 21.6. The molecule has 0 spiro atoms. The van der Waals surface area contributed by atoms with Gasteiger partial charge in [0.1, 0.15) is 0 Å². The van der Waals surface area contributed by atoms with E-state index in [9.17, 15) is 0 Å². The van der Waals surface area contributed by atoms with Gasteiger partial charge in [-0.05, 0) is 62.1 Å². The molecule has 2 N–H and O–H groups in total. The molecule has 0 aromatic heterocycles. The molecule has 1 aromatic rings. The lowest BCUT2D eigenvalue weighted by molar-refractivity contribution is 0.0512. The van der Waals surface area contributed by atoms with Gasteiger partial charge < -0.3 is 29.6 Å². The van der Waals surface area contributed by atoms with E-state index in [4.69, 9.17) is 23.9 Å². The van der Waals surface area contributed by atoms with E-state index < -0.39 is 0 Å². The third-order valence-electron chi connectivity index (χ3n) is 7.20. The second kappa shape index (κ2) is 10.1. The lowest BCUT2D eigenvalue weighted by atomic mass is 9.67. The van der Waals surface area contributed by atoms with E-state index in [0.29, 0.717) is 12.2 Å². The lowest BCUT2D eigenvalue weighted by Crippen LogP contribution is -2.48. The molecule has 4 rings (SSSR count). The molecule has 0 bridgehead atoms. The smallest absolute Gasteiger partial charge is 0.231 e. The quantitative estimate of drug-likeness (QED) is 0.462. The van der Waals surface area contributed by atoms with Crippen molar-refractivity contribution in [2.75, 3.05) is 53.4 Å². The number of benzene rings is 1. The van der Waals surface area contributed by atoms with Crippen molar-refractivity contribution in [3.05, 3.63) is 23.8 Å². The van der Waals surface area contributed by atoms with Crippen molar-refractivity contribution >= 4 is 5.96 Å². The first-order valence-corrected chi connectivity index (χ1v) is 11.7. The highest BCUT2D eigenvalue weighted by Gasteiger charge is 2.37. The van der Waals surface area contributed by atoms with Crippen LogP contribution in [0.5, 0.6) is 11.5 Å². The Morgan fingerprint density at radius 3 is 2.61 bits per heavy atom. The van der Waals surface area contributed by atoms with Crippen molar-refractivity contribution in [3.8, 4) is 11.5 Å². The summed E-state index contributed by atoms with van der Waals surface area (Å²) in [4.78, 5) is 4.99. The number of guanidine groups is 1. The largest absolute Gasteiger partial charge is 0.454 e. The summed E-state index contributed by atoms with van der Waals surface area (Å²) in [6, 6.07) is 6.36. The Balaban J connectivity index is 1.47. The second-order valence-electron chi connectivity index (χ2n) is 9.11. The van der Waals surface area contributed by atoms with Crippen molar-refractivity contribution in [2.45, 2.75) is 50.9 Å². The molecule has 31 heavy (non-hydrogen) atoms. The SMILES string of the molecule is CCNC(=NCC1(CCOC)CCC1)NCC1(c2ccc3c(c2)OCO3)CCOCC1. The Morgan fingerprint density at radius 1 is 1.10 bits per heavy atom. The number of aliphatic imine (C=N–C) groups is 1. The van der Waals surface area contributed by atoms with Gasteiger partial charge in [0, 0.05) is 52.0 Å². The van der Waals surface area contributed by atoms with Gasteiger partial charge in [0.2, 0.25) is 6.79 Å². The molecular formula is C24H37N3O4. The Labute approximate surface area is 185 Å². The van der Waals surface area contributed by atoms with E-state index in [1.807, 2.05) is 6.07 Å². The van der Waals surface area contributed by atoms with E-state index in [1.54, 1.807) is 7.11 Å². The zero-order valence-electron chi connectivity index (χ0n) is 19.0. The average Bonchev–Trinajstić information content (AvgIpc) is 3.25. The number of hydrogen-bond acceptors (Lipinski definition) is 5. The molecule has 1 aromatic carbocycles. The number of methoxy groups -OCH3 is 1. The average molecular weight is 432 g/mol.